The number of aryl methyl sites for hydroxylation is 1. The van der Waals surface area contributed by atoms with Gasteiger partial charge in [-0.1, -0.05) is 34.1 Å². The Morgan fingerprint density at radius 1 is 1.11 bits per heavy atom. The van der Waals surface area contributed by atoms with E-state index in [4.69, 9.17) is 4.74 Å². The predicted octanol–water partition coefficient (Wildman–Crippen LogP) is 5.81. The smallest absolute Gasteiger partial charge is 0.254 e. The molecule has 0 bridgehead atoms. The highest BCUT2D eigenvalue weighted by atomic mass is 79.9. The van der Waals surface area contributed by atoms with Crippen molar-refractivity contribution in [1.29, 1.82) is 0 Å². The highest BCUT2D eigenvalue weighted by Gasteiger charge is 2.27. The monoisotopic (exact) mass is 558 g/mol. The molecule has 0 saturated carbocycles. The van der Waals surface area contributed by atoms with Gasteiger partial charge in [-0.2, -0.15) is 0 Å². The van der Waals surface area contributed by atoms with Gasteiger partial charge in [0.25, 0.3) is 5.91 Å². The van der Waals surface area contributed by atoms with Gasteiger partial charge >= 0.3 is 0 Å². The maximum atomic E-state index is 13.7. The maximum Gasteiger partial charge on any atom is 0.254 e. The summed E-state index contributed by atoms with van der Waals surface area (Å²) < 4.78 is 20.0. The lowest BCUT2D eigenvalue weighted by Crippen LogP contribution is -2.45. The molecule has 2 amide bonds. The molecule has 1 fully saturated rings. The lowest BCUT2D eigenvalue weighted by atomic mass is 10.1. The number of amides is 2. The first-order chi connectivity index (χ1) is 16.9. The molecule has 2 aromatic carbocycles. The van der Waals surface area contributed by atoms with Gasteiger partial charge in [-0.15, -0.1) is 11.3 Å². The van der Waals surface area contributed by atoms with E-state index in [0.29, 0.717) is 31.8 Å². The van der Waals surface area contributed by atoms with E-state index in [1.807, 2.05) is 30.5 Å². The van der Waals surface area contributed by atoms with Crippen LogP contribution < -0.4 is 0 Å². The summed E-state index contributed by atoms with van der Waals surface area (Å²) in [6, 6.07) is 15.4. The Labute approximate surface area is 217 Å². The van der Waals surface area contributed by atoms with Crippen LogP contribution in [0.15, 0.2) is 64.5 Å². The third-order valence-electron chi connectivity index (χ3n) is 6.07. The van der Waals surface area contributed by atoms with Crippen LogP contribution >= 0.6 is 27.3 Å². The van der Waals surface area contributed by atoms with E-state index in [9.17, 15) is 14.0 Å². The maximum absolute atomic E-state index is 13.7. The van der Waals surface area contributed by atoms with Crippen molar-refractivity contribution in [2.75, 3.05) is 19.7 Å². The highest BCUT2D eigenvalue weighted by Crippen LogP contribution is 2.21. The number of hydrogen-bond acceptors (Lipinski definition) is 4. The van der Waals surface area contributed by atoms with E-state index in [2.05, 4.69) is 15.9 Å². The van der Waals surface area contributed by atoms with Crippen molar-refractivity contribution >= 4 is 39.1 Å². The molecule has 184 valence electrons. The number of nitrogens with zero attached hydrogens (tertiary/aromatic N) is 2. The van der Waals surface area contributed by atoms with E-state index in [0.717, 1.165) is 33.3 Å². The summed E-state index contributed by atoms with van der Waals surface area (Å²) >= 11 is 5.03. The van der Waals surface area contributed by atoms with Crippen molar-refractivity contribution in [3.05, 3.63) is 91.8 Å². The summed E-state index contributed by atoms with van der Waals surface area (Å²) in [6.45, 7) is 3.75. The normalized spacial score (nSPS) is 15.2. The molecule has 0 radical (unpaired) electrons. The average Bonchev–Trinajstić information content (AvgIpc) is 3.51. The van der Waals surface area contributed by atoms with Gasteiger partial charge in [0.2, 0.25) is 5.91 Å². The molecule has 2 heterocycles. The Morgan fingerprint density at radius 3 is 2.57 bits per heavy atom. The first kappa shape index (κ1) is 25.5. The van der Waals surface area contributed by atoms with Crippen LogP contribution in [0.1, 0.15) is 39.2 Å². The molecule has 35 heavy (non-hydrogen) atoms. The fraction of sp³-hybridized carbons (Fsp3) is 0.333. The van der Waals surface area contributed by atoms with Crippen molar-refractivity contribution in [3.63, 3.8) is 0 Å². The Morgan fingerprint density at radius 2 is 1.91 bits per heavy atom. The number of carbonyl (C=O) groups is 2. The molecule has 5 nitrogen and oxygen atoms in total. The predicted molar refractivity (Wildman–Crippen MR) is 139 cm³/mol. The topological polar surface area (TPSA) is 49.9 Å². The van der Waals surface area contributed by atoms with Crippen molar-refractivity contribution < 1.29 is 18.7 Å². The Bertz CT molecular complexity index is 1160. The molecule has 8 heteroatoms. The Balaban J connectivity index is 1.56. The quantitative estimate of drug-likeness (QED) is 0.333. The Hall–Kier alpha value is -2.55. The second-order valence-electron chi connectivity index (χ2n) is 8.73. The average molecular weight is 560 g/mol. The fourth-order valence-corrected chi connectivity index (χ4v) is 5.42. The molecule has 3 aromatic rings. The van der Waals surface area contributed by atoms with E-state index in [1.54, 1.807) is 45.4 Å². The lowest BCUT2D eigenvalue weighted by Gasteiger charge is -2.29. The molecule has 0 N–H and O–H groups in total. The molecule has 1 aliphatic heterocycles. The molecule has 0 spiro atoms. The number of halogens is 2. The van der Waals surface area contributed by atoms with Gasteiger partial charge in [-0.05, 0) is 72.7 Å². The minimum Gasteiger partial charge on any atom is -0.376 e. The number of rotatable bonds is 9. The van der Waals surface area contributed by atoms with Crippen LogP contribution in [-0.2, 0) is 22.6 Å². The summed E-state index contributed by atoms with van der Waals surface area (Å²) in [7, 11) is 0. The summed E-state index contributed by atoms with van der Waals surface area (Å²) in [5, 5.41) is 2.01. The van der Waals surface area contributed by atoms with Crippen LogP contribution in [0.3, 0.4) is 0 Å². The van der Waals surface area contributed by atoms with Crippen LogP contribution in [0.2, 0.25) is 0 Å². The van der Waals surface area contributed by atoms with Crippen molar-refractivity contribution in [1.82, 2.24) is 9.80 Å². The van der Waals surface area contributed by atoms with Crippen LogP contribution in [-0.4, -0.2) is 47.4 Å². The van der Waals surface area contributed by atoms with Gasteiger partial charge in [-0.3, -0.25) is 9.59 Å². The van der Waals surface area contributed by atoms with Crippen LogP contribution in [0, 0.1) is 12.7 Å². The number of thiophene rings is 1. The van der Waals surface area contributed by atoms with Gasteiger partial charge in [0.15, 0.2) is 0 Å². The number of hydrogen-bond donors (Lipinski definition) is 0. The summed E-state index contributed by atoms with van der Waals surface area (Å²) in [6.07, 6.45) is 1.74. The van der Waals surface area contributed by atoms with Crippen LogP contribution in [0.25, 0.3) is 0 Å². The summed E-state index contributed by atoms with van der Waals surface area (Å²) in [5.41, 5.74) is 2.47. The molecular weight excluding hydrogens is 531 g/mol. The number of benzene rings is 2. The molecule has 0 aliphatic carbocycles. The van der Waals surface area contributed by atoms with Crippen molar-refractivity contribution in [2.45, 2.75) is 39.0 Å². The lowest BCUT2D eigenvalue weighted by molar-refractivity contribution is -0.133. The van der Waals surface area contributed by atoms with E-state index >= 15 is 0 Å². The third-order valence-corrected chi connectivity index (χ3v) is 7.58. The first-order valence-electron chi connectivity index (χ1n) is 11.6. The molecule has 1 aliphatic rings. The van der Waals surface area contributed by atoms with E-state index in [1.165, 1.54) is 12.1 Å². The van der Waals surface area contributed by atoms with Crippen LogP contribution in [0.4, 0.5) is 4.39 Å². The molecule has 1 unspecified atom stereocenters. The number of ether oxygens (including phenoxy) is 1. The van der Waals surface area contributed by atoms with Gasteiger partial charge < -0.3 is 14.5 Å². The second kappa shape index (κ2) is 11.9. The number of carbonyl (C=O) groups excluding carboxylic acids is 2. The van der Waals surface area contributed by atoms with Crippen LogP contribution in [0.5, 0.6) is 0 Å². The van der Waals surface area contributed by atoms with E-state index < -0.39 is 0 Å². The molecule has 1 saturated heterocycles. The first-order valence-corrected chi connectivity index (χ1v) is 13.3. The molecule has 1 aromatic heterocycles. The molecular formula is C27H28BrFN2O3S. The van der Waals surface area contributed by atoms with Crippen molar-refractivity contribution in [3.8, 4) is 0 Å². The second-order valence-corrected chi connectivity index (χ2v) is 10.7. The largest absolute Gasteiger partial charge is 0.376 e. The minimum absolute atomic E-state index is 0.0587. The minimum atomic E-state index is -0.317. The highest BCUT2D eigenvalue weighted by molar-refractivity contribution is 9.10. The van der Waals surface area contributed by atoms with Gasteiger partial charge in [-0.25, -0.2) is 4.39 Å². The fourth-order valence-electron chi connectivity index (χ4n) is 4.10. The van der Waals surface area contributed by atoms with Gasteiger partial charge in [0.1, 0.15) is 12.4 Å². The van der Waals surface area contributed by atoms with Crippen molar-refractivity contribution in [2.24, 2.45) is 0 Å². The molecule has 1 atom stereocenters. The Kier molecular flexibility index (Phi) is 8.70. The van der Waals surface area contributed by atoms with Gasteiger partial charge in [0.05, 0.1) is 12.6 Å². The zero-order valence-electron chi connectivity index (χ0n) is 19.6. The van der Waals surface area contributed by atoms with E-state index in [-0.39, 0.29) is 30.3 Å². The molecule has 4 rings (SSSR count). The summed E-state index contributed by atoms with van der Waals surface area (Å²) in [5.74, 6) is -0.684. The zero-order chi connectivity index (χ0) is 24.8. The summed E-state index contributed by atoms with van der Waals surface area (Å²) in [4.78, 5) is 31.5. The van der Waals surface area contributed by atoms with Gasteiger partial charge in [0, 0.05) is 34.6 Å². The zero-order valence-corrected chi connectivity index (χ0v) is 22.0. The SMILES string of the molecule is Cc1ccsc1CN(Cc1ccc(F)cc1)C(=O)CN(CC1CCCO1)C(=O)c1cccc(Br)c1. The third kappa shape index (κ3) is 6.99. The standard InChI is InChI=1S/C27H28BrFN2O3S/c1-19-11-13-35-25(19)17-30(15-20-7-9-23(29)10-8-20)26(32)18-31(16-24-6-3-12-34-24)27(33)21-4-2-5-22(28)14-21/h2,4-5,7-11,13-14,24H,3,6,12,15-18H2,1H3.